The van der Waals surface area contributed by atoms with Crippen LogP contribution in [0.4, 0.5) is 5.95 Å². The fourth-order valence-electron chi connectivity index (χ4n) is 1.19. The highest BCUT2D eigenvalue weighted by Crippen LogP contribution is 2.15. The van der Waals surface area contributed by atoms with E-state index in [1.807, 2.05) is 6.92 Å². The summed E-state index contributed by atoms with van der Waals surface area (Å²) in [6, 6.07) is 0. The van der Waals surface area contributed by atoms with Gasteiger partial charge in [0.2, 0.25) is 5.95 Å². The van der Waals surface area contributed by atoms with E-state index in [0.717, 1.165) is 12.3 Å². The molecule has 0 unspecified atom stereocenters. The Hall–Kier alpha value is -1.70. The van der Waals surface area contributed by atoms with E-state index < -0.39 is 0 Å². The summed E-state index contributed by atoms with van der Waals surface area (Å²) in [5.74, 6) is 1.94. The SMILES string of the molecule is CCNc1nc(SCC)nc(-n2cncn2)n1. The van der Waals surface area contributed by atoms with Crippen molar-refractivity contribution < 1.29 is 0 Å². The lowest BCUT2D eigenvalue weighted by atomic mass is 10.7. The largest absolute Gasteiger partial charge is 0.354 e. The molecule has 0 aliphatic carbocycles. The highest BCUT2D eigenvalue weighted by molar-refractivity contribution is 7.99. The topological polar surface area (TPSA) is 81.4 Å². The maximum atomic E-state index is 4.31. The first-order valence-electron chi connectivity index (χ1n) is 5.31. The summed E-state index contributed by atoms with van der Waals surface area (Å²) in [5.41, 5.74) is 0. The summed E-state index contributed by atoms with van der Waals surface area (Å²) in [5, 5.41) is 7.76. The van der Waals surface area contributed by atoms with Gasteiger partial charge >= 0.3 is 0 Å². The first kappa shape index (κ1) is 11.8. The van der Waals surface area contributed by atoms with Crippen LogP contribution in [0.2, 0.25) is 0 Å². The van der Waals surface area contributed by atoms with E-state index in [1.165, 1.54) is 11.0 Å². The molecule has 0 saturated heterocycles. The van der Waals surface area contributed by atoms with Crippen LogP contribution in [0.1, 0.15) is 13.8 Å². The van der Waals surface area contributed by atoms with E-state index in [0.29, 0.717) is 17.1 Å². The molecule has 0 bridgehead atoms. The summed E-state index contributed by atoms with van der Waals surface area (Å²) in [4.78, 5) is 16.7. The minimum Gasteiger partial charge on any atom is -0.354 e. The van der Waals surface area contributed by atoms with Gasteiger partial charge in [-0.05, 0) is 12.7 Å². The fourth-order valence-corrected chi connectivity index (χ4v) is 1.75. The van der Waals surface area contributed by atoms with E-state index in [4.69, 9.17) is 0 Å². The lowest BCUT2D eigenvalue weighted by Gasteiger charge is -2.06. The molecule has 0 radical (unpaired) electrons. The molecule has 7 nitrogen and oxygen atoms in total. The monoisotopic (exact) mass is 251 g/mol. The van der Waals surface area contributed by atoms with Gasteiger partial charge in [0.15, 0.2) is 5.16 Å². The third-order valence-corrected chi connectivity index (χ3v) is 2.56. The molecular weight excluding hydrogens is 238 g/mol. The van der Waals surface area contributed by atoms with Crippen LogP contribution in [0.25, 0.3) is 5.95 Å². The second-order valence-corrected chi connectivity index (χ2v) is 4.28. The Morgan fingerprint density at radius 2 is 2.18 bits per heavy atom. The van der Waals surface area contributed by atoms with Crippen LogP contribution in [0.3, 0.4) is 0 Å². The third-order valence-electron chi connectivity index (χ3n) is 1.84. The van der Waals surface area contributed by atoms with Gasteiger partial charge in [0.05, 0.1) is 0 Å². The summed E-state index contributed by atoms with van der Waals surface area (Å²) in [7, 11) is 0. The predicted molar refractivity (Wildman–Crippen MR) is 65.3 cm³/mol. The van der Waals surface area contributed by atoms with Gasteiger partial charge in [-0.3, -0.25) is 0 Å². The van der Waals surface area contributed by atoms with Gasteiger partial charge in [0.1, 0.15) is 12.7 Å². The van der Waals surface area contributed by atoms with Crippen molar-refractivity contribution >= 4 is 17.7 Å². The maximum absolute atomic E-state index is 4.31. The second-order valence-electron chi connectivity index (χ2n) is 3.04. The van der Waals surface area contributed by atoms with Gasteiger partial charge in [0.25, 0.3) is 5.95 Å². The average Bonchev–Trinajstić information content (AvgIpc) is 2.83. The summed E-state index contributed by atoms with van der Waals surface area (Å²) >= 11 is 1.56. The molecule has 2 aromatic heterocycles. The van der Waals surface area contributed by atoms with Crippen molar-refractivity contribution in [3.63, 3.8) is 0 Å². The Morgan fingerprint density at radius 3 is 2.82 bits per heavy atom. The van der Waals surface area contributed by atoms with E-state index in [9.17, 15) is 0 Å². The van der Waals surface area contributed by atoms with Crippen LogP contribution in [0.5, 0.6) is 0 Å². The Bertz CT molecular complexity index is 446. The number of aromatic nitrogens is 6. The quantitative estimate of drug-likeness (QED) is 0.794. The van der Waals surface area contributed by atoms with E-state index in [-0.39, 0.29) is 0 Å². The first-order valence-corrected chi connectivity index (χ1v) is 6.29. The molecule has 2 rings (SSSR count). The van der Waals surface area contributed by atoms with Crippen LogP contribution < -0.4 is 5.32 Å². The van der Waals surface area contributed by atoms with Crippen molar-refractivity contribution in [1.29, 1.82) is 0 Å². The minimum absolute atomic E-state index is 0.476. The van der Waals surface area contributed by atoms with Crippen LogP contribution in [0, 0.1) is 0 Å². The van der Waals surface area contributed by atoms with Gasteiger partial charge in [-0.15, -0.1) is 0 Å². The van der Waals surface area contributed by atoms with Crippen molar-refractivity contribution in [3.8, 4) is 5.95 Å². The normalized spacial score (nSPS) is 10.5. The zero-order valence-electron chi connectivity index (χ0n) is 9.66. The van der Waals surface area contributed by atoms with Gasteiger partial charge in [-0.2, -0.15) is 24.7 Å². The Kier molecular flexibility index (Phi) is 3.86. The fraction of sp³-hybridized carbons (Fsp3) is 0.444. The highest BCUT2D eigenvalue weighted by Gasteiger charge is 2.08. The Morgan fingerprint density at radius 1 is 1.29 bits per heavy atom. The van der Waals surface area contributed by atoms with Crippen LogP contribution >= 0.6 is 11.8 Å². The molecule has 0 aromatic carbocycles. The molecule has 0 aliphatic heterocycles. The number of nitrogens with zero attached hydrogens (tertiary/aromatic N) is 6. The van der Waals surface area contributed by atoms with E-state index >= 15 is 0 Å². The molecule has 0 spiro atoms. The molecular formula is C9H13N7S. The molecule has 90 valence electrons. The van der Waals surface area contributed by atoms with Gasteiger partial charge < -0.3 is 5.32 Å². The van der Waals surface area contributed by atoms with Gasteiger partial charge in [-0.25, -0.2) is 4.98 Å². The van der Waals surface area contributed by atoms with E-state index in [2.05, 4.69) is 37.3 Å². The molecule has 17 heavy (non-hydrogen) atoms. The number of hydrogen-bond donors (Lipinski definition) is 1. The van der Waals surface area contributed by atoms with Crippen molar-refractivity contribution in [2.75, 3.05) is 17.6 Å². The summed E-state index contributed by atoms with van der Waals surface area (Å²) in [6.45, 7) is 4.80. The molecule has 0 atom stereocenters. The zero-order valence-corrected chi connectivity index (χ0v) is 10.5. The second kappa shape index (κ2) is 5.58. The average molecular weight is 251 g/mol. The Balaban J connectivity index is 2.37. The van der Waals surface area contributed by atoms with Crippen molar-refractivity contribution in [2.45, 2.75) is 19.0 Å². The minimum atomic E-state index is 0.476. The number of rotatable bonds is 5. The molecule has 8 heteroatoms. The molecule has 0 amide bonds. The number of hydrogen-bond acceptors (Lipinski definition) is 7. The Labute approximate surface area is 103 Å². The van der Waals surface area contributed by atoms with Crippen LogP contribution in [-0.2, 0) is 0 Å². The van der Waals surface area contributed by atoms with Crippen LogP contribution in [0.15, 0.2) is 17.8 Å². The third kappa shape index (κ3) is 2.90. The molecule has 2 heterocycles. The molecule has 0 aliphatic rings. The number of nitrogens with one attached hydrogen (secondary N) is 1. The summed E-state index contributed by atoms with van der Waals surface area (Å²) < 4.78 is 1.52. The van der Waals surface area contributed by atoms with E-state index in [1.54, 1.807) is 18.1 Å². The van der Waals surface area contributed by atoms with Crippen LogP contribution in [-0.4, -0.2) is 42.0 Å². The first-order chi connectivity index (χ1) is 8.33. The van der Waals surface area contributed by atoms with Gasteiger partial charge in [-0.1, -0.05) is 18.7 Å². The highest BCUT2D eigenvalue weighted by atomic mass is 32.2. The maximum Gasteiger partial charge on any atom is 0.257 e. The van der Waals surface area contributed by atoms with Crippen molar-refractivity contribution in [2.24, 2.45) is 0 Å². The van der Waals surface area contributed by atoms with Crippen molar-refractivity contribution in [3.05, 3.63) is 12.7 Å². The summed E-state index contributed by atoms with van der Waals surface area (Å²) in [6.07, 6.45) is 3.01. The lowest BCUT2D eigenvalue weighted by molar-refractivity contribution is 0.759. The van der Waals surface area contributed by atoms with Gasteiger partial charge in [0, 0.05) is 6.54 Å². The lowest BCUT2D eigenvalue weighted by Crippen LogP contribution is -2.09. The number of anilines is 1. The van der Waals surface area contributed by atoms with Crippen molar-refractivity contribution in [1.82, 2.24) is 29.7 Å². The molecule has 0 saturated carbocycles. The molecule has 1 N–H and O–H groups in total. The number of thioether (sulfide) groups is 1. The predicted octanol–water partition coefficient (Wildman–Crippen LogP) is 0.996. The smallest absolute Gasteiger partial charge is 0.257 e. The molecule has 0 fully saturated rings. The molecule has 2 aromatic rings. The standard InChI is InChI=1S/C9H13N7S/c1-3-11-7-13-8(16-6-10-5-12-16)15-9(14-7)17-4-2/h5-6H,3-4H2,1-2H3,(H,11,13,14,15). The zero-order chi connectivity index (χ0) is 12.1.